The van der Waals surface area contributed by atoms with Crippen molar-refractivity contribution in [1.82, 2.24) is 10.2 Å². The molecule has 0 bridgehead atoms. The second-order valence-electron chi connectivity index (χ2n) is 6.70. The molecule has 0 aliphatic carbocycles. The lowest BCUT2D eigenvalue weighted by atomic mass is 10.00. The first-order chi connectivity index (χ1) is 9.43. The van der Waals surface area contributed by atoms with Gasteiger partial charge in [0.15, 0.2) is 0 Å². The average Bonchev–Trinajstić information content (AvgIpc) is 2.35. The van der Waals surface area contributed by atoms with Crippen molar-refractivity contribution >= 4 is 0 Å². The van der Waals surface area contributed by atoms with E-state index in [1.54, 1.807) is 0 Å². The normalized spacial score (nSPS) is 13.4. The number of likely N-dealkylation sites (N-methyl/N-ethyl adjacent to an activating group) is 1. The van der Waals surface area contributed by atoms with Crippen LogP contribution < -0.4 is 5.32 Å². The Bertz CT molecular complexity index is 375. The molecular formula is C18H32N2. The topological polar surface area (TPSA) is 15.3 Å². The lowest BCUT2D eigenvalue weighted by Crippen LogP contribution is -2.38. The van der Waals surface area contributed by atoms with Crippen LogP contribution >= 0.6 is 0 Å². The van der Waals surface area contributed by atoms with Crippen LogP contribution in [0.4, 0.5) is 0 Å². The molecule has 0 aromatic heterocycles. The van der Waals surface area contributed by atoms with Gasteiger partial charge in [-0.15, -0.1) is 0 Å². The minimum absolute atomic E-state index is 0.411. The van der Waals surface area contributed by atoms with Gasteiger partial charge in [0.1, 0.15) is 0 Å². The van der Waals surface area contributed by atoms with Crippen LogP contribution in [0.5, 0.6) is 0 Å². The summed E-state index contributed by atoms with van der Waals surface area (Å²) in [5, 5.41) is 3.49. The van der Waals surface area contributed by atoms with Gasteiger partial charge in [0.05, 0.1) is 0 Å². The van der Waals surface area contributed by atoms with E-state index in [4.69, 9.17) is 0 Å². The quantitative estimate of drug-likeness (QED) is 0.775. The molecule has 0 spiro atoms. The number of hydrogen-bond acceptors (Lipinski definition) is 2. The smallest absolute Gasteiger partial charge is 0.0449 e. The predicted octanol–water partition coefficient (Wildman–Crippen LogP) is 3.87. The lowest BCUT2D eigenvalue weighted by molar-refractivity contribution is 0.200. The van der Waals surface area contributed by atoms with E-state index < -0.39 is 0 Å². The van der Waals surface area contributed by atoms with E-state index in [-0.39, 0.29) is 0 Å². The Morgan fingerprint density at radius 2 is 1.50 bits per heavy atom. The van der Waals surface area contributed by atoms with Crippen LogP contribution in [-0.2, 0) is 0 Å². The summed E-state index contributed by atoms with van der Waals surface area (Å²) in [4.78, 5) is 2.60. The summed E-state index contributed by atoms with van der Waals surface area (Å²) in [6, 6.07) is 9.12. The van der Waals surface area contributed by atoms with Crippen molar-refractivity contribution in [2.75, 3.05) is 26.7 Å². The van der Waals surface area contributed by atoms with Gasteiger partial charge in [-0.3, -0.25) is 0 Å². The highest BCUT2D eigenvalue weighted by Crippen LogP contribution is 2.19. The number of hydrogen-bond donors (Lipinski definition) is 1. The molecule has 0 saturated carbocycles. The number of nitrogens with zero attached hydrogens (tertiary/aromatic N) is 1. The van der Waals surface area contributed by atoms with Crippen LogP contribution in [-0.4, -0.2) is 31.6 Å². The van der Waals surface area contributed by atoms with Crippen LogP contribution in [0, 0.1) is 18.8 Å². The van der Waals surface area contributed by atoms with E-state index in [1.165, 1.54) is 24.2 Å². The Morgan fingerprint density at radius 3 is 1.95 bits per heavy atom. The van der Waals surface area contributed by atoms with Crippen molar-refractivity contribution < 1.29 is 0 Å². The van der Waals surface area contributed by atoms with E-state index in [1.807, 2.05) is 0 Å². The molecule has 0 heterocycles. The van der Waals surface area contributed by atoms with Crippen LogP contribution in [0.2, 0.25) is 0 Å². The Balaban J connectivity index is 2.80. The molecule has 0 radical (unpaired) electrons. The summed E-state index contributed by atoms with van der Waals surface area (Å²) in [7, 11) is 2.07. The van der Waals surface area contributed by atoms with Crippen LogP contribution in [0.1, 0.15) is 44.9 Å². The molecule has 0 fully saturated rings. The van der Waals surface area contributed by atoms with Gasteiger partial charge in [0.2, 0.25) is 0 Å². The molecule has 1 rings (SSSR count). The molecule has 2 heteroatoms. The van der Waals surface area contributed by atoms with Crippen molar-refractivity contribution in [3.8, 4) is 0 Å². The van der Waals surface area contributed by atoms with E-state index in [9.17, 15) is 0 Å². The molecule has 1 atom stereocenters. The third-order valence-electron chi connectivity index (χ3n) is 3.60. The average molecular weight is 276 g/mol. The van der Waals surface area contributed by atoms with Crippen molar-refractivity contribution in [2.45, 2.75) is 40.7 Å². The fourth-order valence-electron chi connectivity index (χ4n) is 2.84. The van der Waals surface area contributed by atoms with Crippen LogP contribution in [0.25, 0.3) is 0 Å². The summed E-state index contributed by atoms with van der Waals surface area (Å²) in [5.74, 6) is 1.42. The Kier molecular flexibility index (Phi) is 7.25. The maximum atomic E-state index is 3.49. The zero-order valence-electron chi connectivity index (χ0n) is 14.1. The summed E-state index contributed by atoms with van der Waals surface area (Å²) in [5.41, 5.74) is 2.80. The molecule has 1 aromatic carbocycles. The second kappa shape index (κ2) is 8.43. The van der Waals surface area contributed by atoms with Gasteiger partial charge in [-0.1, -0.05) is 52.0 Å². The standard InChI is InChI=1S/C18H32N2/c1-14(2)11-20(12-15(3)4)13-18(19-6)17-10-8-7-9-16(17)5/h7-10,14-15,18-19H,11-13H2,1-6H3. The van der Waals surface area contributed by atoms with E-state index >= 15 is 0 Å². The summed E-state index contributed by atoms with van der Waals surface area (Å²) in [6.45, 7) is 14.8. The fraction of sp³-hybridized carbons (Fsp3) is 0.667. The molecule has 20 heavy (non-hydrogen) atoms. The second-order valence-corrected chi connectivity index (χ2v) is 6.70. The van der Waals surface area contributed by atoms with Gasteiger partial charge in [-0.05, 0) is 36.9 Å². The number of benzene rings is 1. The van der Waals surface area contributed by atoms with Gasteiger partial charge in [-0.2, -0.15) is 0 Å². The molecule has 0 aliphatic heterocycles. The summed E-state index contributed by atoms with van der Waals surface area (Å²) >= 11 is 0. The van der Waals surface area contributed by atoms with Gasteiger partial charge >= 0.3 is 0 Å². The molecule has 1 N–H and O–H groups in total. The Labute approximate surface area is 125 Å². The number of nitrogens with one attached hydrogen (secondary N) is 1. The van der Waals surface area contributed by atoms with Gasteiger partial charge in [0, 0.05) is 25.7 Å². The molecule has 0 aliphatic rings. The molecule has 0 saturated heterocycles. The van der Waals surface area contributed by atoms with Crippen LogP contribution in [0.3, 0.4) is 0 Å². The molecule has 2 nitrogen and oxygen atoms in total. The molecule has 0 amide bonds. The van der Waals surface area contributed by atoms with Crippen molar-refractivity contribution in [3.05, 3.63) is 35.4 Å². The van der Waals surface area contributed by atoms with E-state index in [0.717, 1.165) is 6.54 Å². The highest BCUT2D eigenvalue weighted by atomic mass is 15.1. The molecule has 1 aromatic rings. The highest BCUT2D eigenvalue weighted by Gasteiger charge is 2.17. The first-order valence-corrected chi connectivity index (χ1v) is 7.89. The maximum Gasteiger partial charge on any atom is 0.0449 e. The van der Waals surface area contributed by atoms with Crippen molar-refractivity contribution in [1.29, 1.82) is 0 Å². The Morgan fingerprint density at radius 1 is 0.950 bits per heavy atom. The van der Waals surface area contributed by atoms with Crippen LogP contribution in [0.15, 0.2) is 24.3 Å². The first kappa shape index (κ1) is 17.2. The highest BCUT2D eigenvalue weighted by molar-refractivity contribution is 5.28. The SMILES string of the molecule is CNC(CN(CC(C)C)CC(C)C)c1ccccc1C. The monoisotopic (exact) mass is 276 g/mol. The minimum Gasteiger partial charge on any atom is -0.312 e. The maximum absolute atomic E-state index is 3.49. The van der Waals surface area contributed by atoms with E-state index in [0.29, 0.717) is 17.9 Å². The van der Waals surface area contributed by atoms with Crippen molar-refractivity contribution in [3.63, 3.8) is 0 Å². The van der Waals surface area contributed by atoms with E-state index in [2.05, 4.69) is 76.1 Å². The molecular weight excluding hydrogens is 244 g/mol. The zero-order chi connectivity index (χ0) is 15.1. The first-order valence-electron chi connectivity index (χ1n) is 7.89. The largest absolute Gasteiger partial charge is 0.312 e. The predicted molar refractivity (Wildman–Crippen MR) is 89.1 cm³/mol. The van der Waals surface area contributed by atoms with Crippen molar-refractivity contribution in [2.24, 2.45) is 11.8 Å². The Hall–Kier alpha value is -0.860. The minimum atomic E-state index is 0.411. The fourth-order valence-corrected chi connectivity index (χ4v) is 2.84. The number of rotatable bonds is 8. The third kappa shape index (κ3) is 5.64. The summed E-state index contributed by atoms with van der Waals surface area (Å²) in [6.07, 6.45) is 0. The third-order valence-corrected chi connectivity index (χ3v) is 3.60. The van der Waals surface area contributed by atoms with Gasteiger partial charge in [-0.25, -0.2) is 0 Å². The molecule has 1 unspecified atom stereocenters. The molecule has 114 valence electrons. The number of aryl methyl sites for hydroxylation is 1. The van der Waals surface area contributed by atoms with Gasteiger partial charge in [0.25, 0.3) is 0 Å². The summed E-state index contributed by atoms with van der Waals surface area (Å²) < 4.78 is 0. The zero-order valence-corrected chi connectivity index (χ0v) is 14.1. The lowest BCUT2D eigenvalue weighted by Gasteiger charge is -2.31. The van der Waals surface area contributed by atoms with Gasteiger partial charge < -0.3 is 10.2 Å².